The van der Waals surface area contributed by atoms with Crippen molar-refractivity contribution in [2.45, 2.75) is 13.3 Å². The van der Waals surface area contributed by atoms with Crippen LogP contribution in [0.5, 0.6) is 0 Å². The molecule has 2 aromatic heterocycles. The molecule has 2 heterocycles. The van der Waals surface area contributed by atoms with E-state index in [0.29, 0.717) is 21.3 Å². The highest BCUT2D eigenvalue weighted by atomic mass is 35.5. The first-order valence-electron chi connectivity index (χ1n) is 8.33. The summed E-state index contributed by atoms with van der Waals surface area (Å²) in [6.45, 7) is 1.84. The third-order valence-corrected chi connectivity index (χ3v) is 4.67. The molecular formula is C19H17Cl2N5O2. The van der Waals surface area contributed by atoms with Crippen molar-refractivity contribution in [3.8, 4) is 0 Å². The highest BCUT2D eigenvalue weighted by molar-refractivity contribution is 6.42. The first-order chi connectivity index (χ1) is 13.3. The van der Waals surface area contributed by atoms with E-state index in [2.05, 4.69) is 20.7 Å². The van der Waals surface area contributed by atoms with Gasteiger partial charge in [-0.05, 0) is 37.3 Å². The largest absolute Gasteiger partial charge is 0.322 e. The summed E-state index contributed by atoms with van der Waals surface area (Å²) in [5.41, 5.74) is 2.47. The third kappa shape index (κ3) is 4.88. The molecule has 28 heavy (non-hydrogen) atoms. The van der Waals surface area contributed by atoms with Gasteiger partial charge in [0.1, 0.15) is 5.82 Å². The number of pyridine rings is 1. The Balaban J connectivity index is 1.67. The lowest BCUT2D eigenvalue weighted by molar-refractivity contribution is -0.115. The van der Waals surface area contributed by atoms with Crippen LogP contribution in [0.3, 0.4) is 0 Å². The van der Waals surface area contributed by atoms with E-state index in [9.17, 15) is 9.59 Å². The van der Waals surface area contributed by atoms with Crippen LogP contribution in [0, 0.1) is 6.92 Å². The quantitative estimate of drug-likeness (QED) is 0.659. The number of carbonyl (C=O) groups excluding carboxylic acids is 2. The lowest BCUT2D eigenvalue weighted by Crippen LogP contribution is -2.17. The molecule has 7 nitrogen and oxygen atoms in total. The molecule has 1 aromatic carbocycles. The Morgan fingerprint density at radius 3 is 2.57 bits per heavy atom. The zero-order valence-corrected chi connectivity index (χ0v) is 16.7. The number of hydrogen-bond acceptors (Lipinski definition) is 4. The van der Waals surface area contributed by atoms with E-state index in [1.54, 1.807) is 42.2 Å². The van der Waals surface area contributed by atoms with Gasteiger partial charge >= 0.3 is 0 Å². The van der Waals surface area contributed by atoms with Crippen LogP contribution in [0.1, 0.15) is 21.6 Å². The lowest BCUT2D eigenvalue weighted by atomic mass is 10.2. The number of nitrogens with one attached hydrogen (secondary N) is 2. The maximum absolute atomic E-state index is 12.4. The van der Waals surface area contributed by atoms with E-state index < -0.39 is 0 Å². The van der Waals surface area contributed by atoms with Gasteiger partial charge in [0, 0.05) is 36.3 Å². The predicted octanol–water partition coefficient (Wildman–Crippen LogP) is 3.86. The van der Waals surface area contributed by atoms with Crippen molar-refractivity contribution in [1.29, 1.82) is 0 Å². The SMILES string of the molecule is Cc1nn(C)cc1CC(=O)Nc1cc(C(=O)Nc2ccc(Cl)c(Cl)c2)ccn1. The zero-order valence-electron chi connectivity index (χ0n) is 15.2. The summed E-state index contributed by atoms with van der Waals surface area (Å²) >= 11 is 11.8. The van der Waals surface area contributed by atoms with Gasteiger partial charge in [-0.3, -0.25) is 14.3 Å². The number of halogens is 2. The number of benzene rings is 1. The molecule has 2 N–H and O–H groups in total. The van der Waals surface area contributed by atoms with Gasteiger partial charge in [0.15, 0.2) is 0 Å². The molecule has 9 heteroatoms. The molecule has 0 atom stereocenters. The monoisotopic (exact) mass is 417 g/mol. The zero-order chi connectivity index (χ0) is 20.3. The Morgan fingerprint density at radius 1 is 1.11 bits per heavy atom. The van der Waals surface area contributed by atoms with E-state index in [1.165, 1.54) is 12.3 Å². The topological polar surface area (TPSA) is 88.9 Å². The van der Waals surface area contributed by atoms with Gasteiger partial charge in [-0.15, -0.1) is 0 Å². The van der Waals surface area contributed by atoms with Crippen LogP contribution in [0.25, 0.3) is 0 Å². The molecule has 0 fully saturated rings. The standard InChI is InChI=1S/C19H17Cl2N5O2/c1-11-13(10-26(2)25-11)8-18(27)24-17-7-12(5-6-22-17)19(28)23-14-3-4-15(20)16(21)9-14/h3-7,9-10H,8H2,1-2H3,(H,23,28)(H,22,24,27). The molecule has 2 amide bonds. The van der Waals surface area contributed by atoms with Crippen LogP contribution in [0.15, 0.2) is 42.7 Å². The van der Waals surface area contributed by atoms with Gasteiger partial charge in [-0.25, -0.2) is 4.98 Å². The number of nitrogens with zero attached hydrogens (tertiary/aromatic N) is 3. The molecule has 3 rings (SSSR count). The van der Waals surface area contributed by atoms with Crippen LogP contribution in [0.4, 0.5) is 11.5 Å². The smallest absolute Gasteiger partial charge is 0.255 e. The van der Waals surface area contributed by atoms with Gasteiger partial charge < -0.3 is 10.6 Å². The highest BCUT2D eigenvalue weighted by Crippen LogP contribution is 2.25. The van der Waals surface area contributed by atoms with Crippen LogP contribution in [-0.4, -0.2) is 26.6 Å². The summed E-state index contributed by atoms with van der Waals surface area (Å²) < 4.78 is 1.66. The first-order valence-corrected chi connectivity index (χ1v) is 9.09. The van der Waals surface area contributed by atoms with Crippen LogP contribution in [0.2, 0.25) is 10.0 Å². The number of carbonyl (C=O) groups is 2. The van der Waals surface area contributed by atoms with E-state index in [4.69, 9.17) is 23.2 Å². The van der Waals surface area contributed by atoms with Crippen LogP contribution >= 0.6 is 23.2 Å². The second kappa shape index (κ2) is 8.41. The minimum Gasteiger partial charge on any atom is -0.322 e. The summed E-state index contributed by atoms with van der Waals surface area (Å²) in [7, 11) is 1.80. The molecule has 0 saturated heterocycles. The van der Waals surface area contributed by atoms with Crippen molar-refractivity contribution < 1.29 is 9.59 Å². The number of anilines is 2. The molecule has 0 unspecified atom stereocenters. The Hall–Kier alpha value is -2.90. The maximum Gasteiger partial charge on any atom is 0.255 e. The van der Waals surface area contributed by atoms with Crippen LogP contribution < -0.4 is 10.6 Å². The number of aromatic nitrogens is 3. The van der Waals surface area contributed by atoms with Crippen molar-refractivity contribution in [2.75, 3.05) is 10.6 Å². The summed E-state index contributed by atoms with van der Waals surface area (Å²) in [5.74, 6) is -0.321. The Morgan fingerprint density at radius 2 is 1.89 bits per heavy atom. The second-order valence-electron chi connectivity index (χ2n) is 6.15. The summed E-state index contributed by atoms with van der Waals surface area (Å²) in [6.07, 6.45) is 3.42. The van der Waals surface area contributed by atoms with Crippen molar-refractivity contribution >= 4 is 46.5 Å². The van der Waals surface area contributed by atoms with Gasteiger partial charge in [-0.1, -0.05) is 23.2 Å². The molecule has 3 aromatic rings. The van der Waals surface area contributed by atoms with Gasteiger partial charge in [0.05, 0.1) is 22.2 Å². The molecule has 0 aliphatic carbocycles. The summed E-state index contributed by atoms with van der Waals surface area (Å²) in [5, 5.41) is 10.4. The van der Waals surface area contributed by atoms with Gasteiger partial charge in [0.2, 0.25) is 5.91 Å². The molecule has 144 valence electrons. The van der Waals surface area contributed by atoms with E-state index in [-0.39, 0.29) is 24.1 Å². The fraction of sp³-hybridized carbons (Fsp3) is 0.158. The molecular weight excluding hydrogens is 401 g/mol. The van der Waals surface area contributed by atoms with Gasteiger partial charge in [0.25, 0.3) is 5.91 Å². The average molecular weight is 418 g/mol. The van der Waals surface area contributed by atoms with Crippen LogP contribution in [-0.2, 0) is 18.3 Å². The highest BCUT2D eigenvalue weighted by Gasteiger charge is 2.12. The molecule has 0 saturated carbocycles. The summed E-state index contributed by atoms with van der Waals surface area (Å²) in [6, 6.07) is 7.85. The van der Waals surface area contributed by atoms with Crippen molar-refractivity contribution in [1.82, 2.24) is 14.8 Å². The fourth-order valence-electron chi connectivity index (χ4n) is 2.60. The molecule has 0 spiro atoms. The minimum atomic E-state index is -0.362. The van der Waals surface area contributed by atoms with Crippen molar-refractivity contribution in [2.24, 2.45) is 7.05 Å². The normalized spacial score (nSPS) is 10.6. The Labute approximate surface area is 171 Å². The molecule has 0 aliphatic rings. The van der Waals surface area contributed by atoms with Crippen molar-refractivity contribution in [3.05, 3.63) is 69.6 Å². The number of amides is 2. The summed E-state index contributed by atoms with van der Waals surface area (Å²) in [4.78, 5) is 28.8. The average Bonchev–Trinajstić information content (AvgIpc) is 2.95. The van der Waals surface area contributed by atoms with E-state index in [1.807, 2.05) is 6.92 Å². The lowest BCUT2D eigenvalue weighted by Gasteiger charge is -2.08. The van der Waals surface area contributed by atoms with E-state index >= 15 is 0 Å². The van der Waals surface area contributed by atoms with Crippen molar-refractivity contribution in [3.63, 3.8) is 0 Å². The Kier molecular flexibility index (Phi) is 5.96. The maximum atomic E-state index is 12.4. The van der Waals surface area contributed by atoms with Gasteiger partial charge in [-0.2, -0.15) is 5.10 Å². The molecule has 0 aliphatic heterocycles. The molecule has 0 bridgehead atoms. The first kappa shape index (κ1) is 19.9. The fourth-order valence-corrected chi connectivity index (χ4v) is 2.90. The minimum absolute atomic E-state index is 0.168. The molecule has 0 radical (unpaired) electrons. The van der Waals surface area contributed by atoms with E-state index in [0.717, 1.165) is 11.3 Å². The number of aryl methyl sites for hydroxylation is 2. The number of hydrogen-bond donors (Lipinski definition) is 2. The third-order valence-electron chi connectivity index (χ3n) is 3.93. The predicted molar refractivity (Wildman–Crippen MR) is 109 cm³/mol. The Bertz CT molecular complexity index is 1050. The number of rotatable bonds is 5. The second-order valence-corrected chi connectivity index (χ2v) is 6.97.